The Hall–Kier alpha value is -1.38. The maximum Gasteiger partial charge on any atom is 0.253 e. The summed E-state index contributed by atoms with van der Waals surface area (Å²) in [6.07, 6.45) is 3.78. The number of morpholine rings is 1. The van der Waals surface area contributed by atoms with Crippen LogP contribution in [0.4, 0.5) is 0 Å². The van der Waals surface area contributed by atoms with Crippen LogP contribution in [0.5, 0.6) is 0 Å². The molecule has 7 nitrogen and oxygen atoms in total. The molecular weight excluding hydrogens is 377 g/mol. The molecule has 1 N–H and O–H groups in total. The first-order chi connectivity index (χ1) is 11.8. The van der Waals surface area contributed by atoms with E-state index in [0.29, 0.717) is 13.2 Å². The predicted molar refractivity (Wildman–Crippen MR) is 104 cm³/mol. The van der Waals surface area contributed by atoms with Gasteiger partial charge in [0.15, 0.2) is 0 Å². The minimum Gasteiger partial charge on any atom is -0.366 e. The molecule has 2 aliphatic heterocycles. The van der Waals surface area contributed by atoms with Gasteiger partial charge in [0, 0.05) is 58.2 Å². The second-order valence-corrected chi connectivity index (χ2v) is 6.36. The van der Waals surface area contributed by atoms with Crippen molar-refractivity contribution in [3.8, 4) is 0 Å². The van der Waals surface area contributed by atoms with Gasteiger partial charge in [0.05, 0.1) is 12.3 Å². The van der Waals surface area contributed by atoms with Crippen LogP contribution in [-0.4, -0.2) is 77.1 Å². The highest BCUT2D eigenvalue weighted by atomic mass is 35.5. The number of fused-ring (bicyclic) bond motifs is 1. The summed E-state index contributed by atoms with van der Waals surface area (Å²) in [6.45, 7) is 6.16. The topological polar surface area (TPSA) is 62.1 Å². The van der Waals surface area contributed by atoms with Gasteiger partial charge in [-0.2, -0.15) is 0 Å². The third kappa shape index (κ3) is 4.66. The minimum absolute atomic E-state index is 0. The molecule has 9 heteroatoms. The Kier molecular flexibility index (Phi) is 7.67. The molecule has 4 rings (SSSR count). The average Bonchev–Trinajstić information content (AvgIpc) is 3.05. The Bertz CT molecular complexity index is 679. The molecule has 0 saturated carbocycles. The zero-order chi connectivity index (χ0) is 16.4. The van der Waals surface area contributed by atoms with Gasteiger partial charge in [0.25, 0.3) is 5.91 Å². The van der Waals surface area contributed by atoms with Crippen molar-refractivity contribution in [1.82, 2.24) is 24.5 Å². The van der Waals surface area contributed by atoms with E-state index in [1.165, 1.54) is 0 Å². The van der Waals surface area contributed by atoms with Crippen molar-refractivity contribution < 1.29 is 9.53 Å². The first-order valence-corrected chi connectivity index (χ1v) is 8.56. The van der Waals surface area contributed by atoms with E-state index in [-0.39, 0.29) is 36.8 Å². The van der Waals surface area contributed by atoms with Gasteiger partial charge in [-0.25, -0.2) is 4.98 Å². The van der Waals surface area contributed by atoms with Gasteiger partial charge < -0.3 is 19.4 Å². The fraction of sp³-hybridized carbons (Fsp3) is 0.529. The third-order valence-electron chi connectivity index (χ3n) is 4.69. The van der Waals surface area contributed by atoms with Gasteiger partial charge in [-0.15, -0.1) is 24.8 Å². The number of carbonyl (C=O) groups is 1. The molecule has 0 bridgehead atoms. The van der Waals surface area contributed by atoms with E-state index in [0.717, 1.165) is 50.6 Å². The van der Waals surface area contributed by atoms with E-state index in [2.05, 4.69) is 21.4 Å². The molecule has 144 valence electrons. The molecule has 0 spiro atoms. The van der Waals surface area contributed by atoms with Crippen LogP contribution in [0.15, 0.2) is 30.6 Å². The highest BCUT2D eigenvalue weighted by Gasteiger charge is 2.29. The Labute approximate surface area is 165 Å². The molecule has 0 radical (unpaired) electrons. The molecule has 2 aromatic heterocycles. The molecule has 2 saturated heterocycles. The summed E-state index contributed by atoms with van der Waals surface area (Å²) in [5.74, 6) is 0.120. The van der Waals surface area contributed by atoms with Crippen molar-refractivity contribution in [3.05, 3.63) is 36.3 Å². The van der Waals surface area contributed by atoms with Crippen molar-refractivity contribution in [3.63, 3.8) is 0 Å². The van der Waals surface area contributed by atoms with Gasteiger partial charge in [-0.05, 0) is 12.1 Å². The van der Waals surface area contributed by atoms with E-state index < -0.39 is 0 Å². The smallest absolute Gasteiger partial charge is 0.253 e. The Morgan fingerprint density at radius 3 is 2.73 bits per heavy atom. The number of aromatic nitrogens is 2. The third-order valence-corrected chi connectivity index (χ3v) is 4.69. The van der Waals surface area contributed by atoms with Gasteiger partial charge in [0.1, 0.15) is 11.8 Å². The quantitative estimate of drug-likeness (QED) is 0.824. The zero-order valence-electron chi connectivity index (χ0n) is 14.5. The lowest BCUT2D eigenvalue weighted by Gasteiger charge is -2.36. The largest absolute Gasteiger partial charge is 0.366 e. The number of piperazine rings is 1. The SMILES string of the molecule is Cl.Cl.O=C(C1CNCCO1)N1CCN(Cc2cn3ccccc3n2)CC1. The fourth-order valence-electron chi connectivity index (χ4n) is 3.35. The molecule has 4 heterocycles. The summed E-state index contributed by atoms with van der Waals surface area (Å²) >= 11 is 0. The number of halogens is 2. The second-order valence-electron chi connectivity index (χ2n) is 6.36. The zero-order valence-corrected chi connectivity index (χ0v) is 16.2. The Morgan fingerprint density at radius 2 is 2.04 bits per heavy atom. The average molecular weight is 402 g/mol. The van der Waals surface area contributed by atoms with E-state index in [1.807, 2.05) is 33.7 Å². The van der Waals surface area contributed by atoms with Crippen LogP contribution in [0.3, 0.4) is 0 Å². The molecule has 26 heavy (non-hydrogen) atoms. The molecule has 1 atom stereocenters. The first-order valence-electron chi connectivity index (χ1n) is 8.56. The fourth-order valence-corrected chi connectivity index (χ4v) is 3.35. The van der Waals surface area contributed by atoms with Gasteiger partial charge in [-0.1, -0.05) is 6.07 Å². The van der Waals surface area contributed by atoms with Crippen molar-refractivity contribution in [1.29, 1.82) is 0 Å². The predicted octanol–water partition coefficient (Wildman–Crippen LogP) is 0.810. The molecule has 0 aliphatic carbocycles. The number of ether oxygens (including phenoxy) is 1. The van der Waals surface area contributed by atoms with Crippen LogP contribution < -0.4 is 5.32 Å². The number of amides is 1. The van der Waals surface area contributed by atoms with E-state index in [9.17, 15) is 4.79 Å². The van der Waals surface area contributed by atoms with E-state index in [4.69, 9.17) is 4.74 Å². The second kappa shape index (κ2) is 9.53. The molecule has 1 unspecified atom stereocenters. The van der Waals surface area contributed by atoms with Crippen LogP contribution in [0, 0.1) is 0 Å². The van der Waals surface area contributed by atoms with Gasteiger partial charge in [0.2, 0.25) is 0 Å². The molecule has 2 aliphatic rings. The number of nitrogens with one attached hydrogen (secondary N) is 1. The lowest BCUT2D eigenvalue weighted by Crippen LogP contribution is -2.54. The Morgan fingerprint density at radius 1 is 1.23 bits per heavy atom. The summed E-state index contributed by atoms with van der Waals surface area (Å²) in [7, 11) is 0. The Balaban J connectivity index is 0.00000121. The number of carbonyl (C=O) groups excluding carboxylic acids is 1. The van der Waals surface area contributed by atoms with E-state index in [1.54, 1.807) is 0 Å². The van der Waals surface area contributed by atoms with E-state index >= 15 is 0 Å². The highest BCUT2D eigenvalue weighted by molar-refractivity contribution is 5.85. The van der Waals surface area contributed by atoms with Crippen LogP contribution in [0.1, 0.15) is 5.69 Å². The summed E-state index contributed by atoms with van der Waals surface area (Å²) in [4.78, 5) is 21.4. The number of pyridine rings is 1. The summed E-state index contributed by atoms with van der Waals surface area (Å²) in [6, 6.07) is 6.02. The molecular formula is C17H25Cl2N5O2. The number of hydrogen-bond donors (Lipinski definition) is 1. The number of imidazole rings is 1. The van der Waals surface area contributed by atoms with Crippen molar-refractivity contribution in [2.24, 2.45) is 0 Å². The van der Waals surface area contributed by atoms with Crippen molar-refractivity contribution >= 4 is 36.4 Å². The standard InChI is InChI=1S/C17H23N5O2.2ClH/c23-17(15-11-18-4-10-24-15)21-8-6-20(7-9-21)12-14-13-22-5-2-1-3-16(22)19-14;;/h1-3,5,13,15,18H,4,6-12H2;2*1H. The summed E-state index contributed by atoms with van der Waals surface area (Å²) in [5, 5.41) is 3.22. The minimum atomic E-state index is -0.316. The lowest BCUT2D eigenvalue weighted by molar-refractivity contribution is -0.147. The van der Waals surface area contributed by atoms with Crippen LogP contribution in [-0.2, 0) is 16.1 Å². The number of nitrogens with zero attached hydrogens (tertiary/aromatic N) is 4. The summed E-state index contributed by atoms with van der Waals surface area (Å²) in [5.41, 5.74) is 2.05. The van der Waals surface area contributed by atoms with Crippen molar-refractivity contribution in [2.45, 2.75) is 12.6 Å². The first kappa shape index (κ1) is 20.9. The maximum atomic E-state index is 12.5. The molecule has 1 amide bonds. The number of hydrogen-bond acceptors (Lipinski definition) is 5. The van der Waals surface area contributed by atoms with Crippen molar-refractivity contribution in [2.75, 3.05) is 45.9 Å². The van der Waals surface area contributed by atoms with Crippen LogP contribution in [0.2, 0.25) is 0 Å². The molecule has 0 aromatic carbocycles. The van der Waals surface area contributed by atoms with Gasteiger partial charge in [-0.3, -0.25) is 9.69 Å². The van der Waals surface area contributed by atoms with Crippen LogP contribution >= 0.6 is 24.8 Å². The monoisotopic (exact) mass is 401 g/mol. The molecule has 2 aromatic rings. The van der Waals surface area contributed by atoms with Crippen LogP contribution in [0.25, 0.3) is 5.65 Å². The maximum absolute atomic E-state index is 12.5. The summed E-state index contributed by atoms with van der Waals surface area (Å²) < 4.78 is 7.61. The molecule has 2 fully saturated rings. The number of rotatable bonds is 3. The lowest BCUT2D eigenvalue weighted by atomic mass is 10.2. The highest BCUT2D eigenvalue weighted by Crippen LogP contribution is 2.11. The normalized spacial score (nSPS) is 21.1. The van der Waals surface area contributed by atoms with Gasteiger partial charge >= 0.3 is 0 Å².